The Balaban J connectivity index is 2.07. The number of nitrogens with one attached hydrogen (secondary N) is 1. The zero-order valence-corrected chi connectivity index (χ0v) is 12.5. The van der Waals surface area contributed by atoms with E-state index in [1.165, 1.54) is 4.90 Å². The Hall–Kier alpha value is -1.72. The third-order valence-corrected chi connectivity index (χ3v) is 3.57. The number of nitrogens with zero attached hydrogens (tertiary/aromatic N) is 1. The summed E-state index contributed by atoms with van der Waals surface area (Å²) in [4.78, 5) is 25.7. The van der Waals surface area contributed by atoms with Crippen molar-refractivity contribution in [2.24, 2.45) is 5.92 Å². The van der Waals surface area contributed by atoms with E-state index in [-0.39, 0.29) is 30.9 Å². The van der Waals surface area contributed by atoms with Crippen molar-refractivity contribution in [2.75, 3.05) is 11.5 Å². The minimum atomic E-state index is -0.548. The molecule has 2 rings (SSSR count). The van der Waals surface area contributed by atoms with Gasteiger partial charge in [-0.05, 0) is 24.5 Å². The maximum Gasteiger partial charge on any atom is 0.251 e. The second-order valence-electron chi connectivity index (χ2n) is 5.84. The predicted octanol–water partition coefficient (Wildman–Crippen LogP) is 1.32. The molecule has 5 heteroatoms. The predicted molar refractivity (Wildman–Crippen MR) is 80.8 cm³/mol. The van der Waals surface area contributed by atoms with Gasteiger partial charge in [-0.3, -0.25) is 9.59 Å². The van der Waals surface area contributed by atoms with Crippen LogP contribution in [-0.4, -0.2) is 35.6 Å². The van der Waals surface area contributed by atoms with Crippen LogP contribution >= 0.6 is 0 Å². The topological polar surface area (TPSA) is 69.6 Å². The number of benzene rings is 1. The molecule has 5 nitrogen and oxygen atoms in total. The first kappa shape index (κ1) is 15.7. The van der Waals surface area contributed by atoms with Crippen molar-refractivity contribution in [3.8, 4) is 0 Å². The van der Waals surface area contributed by atoms with E-state index < -0.39 is 6.04 Å². The van der Waals surface area contributed by atoms with Crippen LogP contribution in [0.25, 0.3) is 0 Å². The Bertz CT molecular complexity index is 502. The number of anilines is 1. The molecule has 0 bridgehead atoms. The fourth-order valence-electron chi connectivity index (χ4n) is 2.66. The fourth-order valence-corrected chi connectivity index (χ4v) is 2.66. The molecule has 0 saturated carbocycles. The lowest BCUT2D eigenvalue weighted by Gasteiger charge is -2.22. The number of carbonyl (C=O) groups is 2. The highest BCUT2D eigenvalue weighted by molar-refractivity contribution is 6.22. The van der Waals surface area contributed by atoms with Gasteiger partial charge < -0.3 is 10.4 Å². The molecule has 0 spiro atoms. The third kappa shape index (κ3) is 3.68. The molecule has 114 valence electrons. The van der Waals surface area contributed by atoms with Gasteiger partial charge >= 0.3 is 0 Å². The average molecular weight is 290 g/mol. The zero-order chi connectivity index (χ0) is 15.4. The summed E-state index contributed by atoms with van der Waals surface area (Å²) in [6, 6.07) is 8.22. The van der Waals surface area contributed by atoms with E-state index in [2.05, 4.69) is 19.2 Å². The first-order chi connectivity index (χ1) is 10.0. The zero-order valence-electron chi connectivity index (χ0n) is 12.5. The monoisotopic (exact) mass is 290 g/mol. The maximum absolute atomic E-state index is 12.4. The number of aliphatic hydroxyl groups is 1. The summed E-state index contributed by atoms with van der Waals surface area (Å²) in [5.41, 5.74) is 0.598. The summed E-state index contributed by atoms with van der Waals surface area (Å²) < 4.78 is 0. The van der Waals surface area contributed by atoms with E-state index in [9.17, 15) is 14.7 Å². The highest BCUT2D eigenvalue weighted by Gasteiger charge is 2.40. The second kappa shape index (κ2) is 6.83. The van der Waals surface area contributed by atoms with E-state index in [0.29, 0.717) is 11.6 Å². The molecule has 1 aromatic rings. The number of hydrogen-bond donors (Lipinski definition) is 2. The van der Waals surface area contributed by atoms with Crippen molar-refractivity contribution < 1.29 is 14.7 Å². The summed E-state index contributed by atoms with van der Waals surface area (Å²) in [6.45, 7) is 4.08. The number of hydrogen-bond acceptors (Lipinski definition) is 4. The number of carbonyl (C=O) groups excluding carboxylic acids is 2. The average Bonchev–Trinajstić information content (AvgIpc) is 2.73. The lowest BCUT2D eigenvalue weighted by Crippen LogP contribution is -2.45. The van der Waals surface area contributed by atoms with Crippen LogP contribution in [-0.2, 0) is 9.59 Å². The molecule has 2 unspecified atom stereocenters. The molecule has 1 aliphatic heterocycles. The van der Waals surface area contributed by atoms with Crippen LogP contribution in [0.15, 0.2) is 30.3 Å². The molecular formula is C16H22N2O3. The van der Waals surface area contributed by atoms with Crippen LogP contribution in [0, 0.1) is 5.92 Å². The summed E-state index contributed by atoms with van der Waals surface area (Å²) in [5.74, 6) is -0.0366. The van der Waals surface area contributed by atoms with Gasteiger partial charge in [0.15, 0.2) is 0 Å². The highest BCUT2D eigenvalue weighted by Crippen LogP contribution is 2.23. The molecule has 2 atom stereocenters. The van der Waals surface area contributed by atoms with E-state index in [1.807, 2.05) is 6.07 Å². The Labute approximate surface area is 125 Å². The molecule has 2 amide bonds. The summed E-state index contributed by atoms with van der Waals surface area (Å²) >= 11 is 0. The van der Waals surface area contributed by atoms with Crippen LogP contribution in [0.2, 0.25) is 0 Å². The van der Waals surface area contributed by atoms with E-state index >= 15 is 0 Å². The van der Waals surface area contributed by atoms with Crippen LogP contribution in [0.5, 0.6) is 0 Å². The molecule has 21 heavy (non-hydrogen) atoms. The molecule has 1 aliphatic rings. The highest BCUT2D eigenvalue weighted by atomic mass is 16.3. The smallest absolute Gasteiger partial charge is 0.251 e. The Kier molecular flexibility index (Phi) is 5.09. The first-order valence-electron chi connectivity index (χ1n) is 7.31. The van der Waals surface area contributed by atoms with Crippen molar-refractivity contribution in [1.29, 1.82) is 0 Å². The third-order valence-electron chi connectivity index (χ3n) is 3.57. The van der Waals surface area contributed by atoms with E-state index in [4.69, 9.17) is 0 Å². The SMILES string of the molecule is CC(C)CC(CO)NC1CC(=O)N(c2ccccc2)C1=O. The lowest BCUT2D eigenvalue weighted by atomic mass is 10.0. The maximum atomic E-state index is 12.4. The van der Waals surface area contributed by atoms with Crippen LogP contribution in [0.3, 0.4) is 0 Å². The van der Waals surface area contributed by atoms with Gasteiger partial charge in [-0.1, -0.05) is 32.0 Å². The van der Waals surface area contributed by atoms with Gasteiger partial charge in [0.25, 0.3) is 5.91 Å². The Morgan fingerprint density at radius 2 is 1.95 bits per heavy atom. The fraction of sp³-hybridized carbons (Fsp3) is 0.500. The van der Waals surface area contributed by atoms with Crippen LogP contribution in [0.4, 0.5) is 5.69 Å². The van der Waals surface area contributed by atoms with Gasteiger partial charge in [0.2, 0.25) is 5.91 Å². The second-order valence-corrected chi connectivity index (χ2v) is 5.84. The van der Waals surface area contributed by atoms with Gasteiger partial charge in [-0.2, -0.15) is 0 Å². The van der Waals surface area contributed by atoms with E-state index in [0.717, 1.165) is 6.42 Å². The molecule has 0 aliphatic carbocycles. The minimum Gasteiger partial charge on any atom is -0.395 e. The van der Waals surface area contributed by atoms with Crippen LogP contribution < -0.4 is 10.2 Å². The van der Waals surface area contributed by atoms with Gasteiger partial charge in [0.1, 0.15) is 0 Å². The standard InChI is InChI=1S/C16H22N2O3/c1-11(2)8-12(10-19)17-14-9-15(20)18(16(14)21)13-6-4-3-5-7-13/h3-7,11-12,14,17,19H,8-10H2,1-2H3. The molecule has 1 fully saturated rings. The molecule has 0 aromatic heterocycles. The number of rotatable bonds is 6. The molecule has 0 radical (unpaired) electrons. The number of amides is 2. The first-order valence-corrected chi connectivity index (χ1v) is 7.31. The van der Waals surface area contributed by atoms with Gasteiger partial charge in [-0.15, -0.1) is 0 Å². The van der Waals surface area contributed by atoms with Crippen molar-refractivity contribution >= 4 is 17.5 Å². The summed E-state index contributed by atoms with van der Waals surface area (Å²) in [6.07, 6.45) is 0.905. The van der Waals surface area contributed by atoms with E-state index in [1.54, 1.807) is 24.3 Å². The molecule has 2 N–H and O–H groups in total. The van der Waals surface area contributed by atoms with Gasteiger partial charge in [0, 0.05) is 6.04 Å². The number of para-hydroxylation sites is 1. The Morgan fingerprint density at radius 3 is 2.52 bits per heavy atom. The molecule has 1 heterocycles. The number of imide groups is 1. The lowest BCUT2D eigenvalue weighted by molar-refractivity contribution is -0.121. The summed E-state index contributed by atoms with van der Waals surface area (Å²) in [5, 5.41) is 12.5. The molecule has 1 saturated heterocycles. The quantitative estimate of drug-likeness (QED) is 0.775. The van der Waals surface area contributed by atoms with Gasteiger partial charge in [0.05, 0.1) is 24.8 Å². The van der Waals surface area contributed by atoms with Crippen molar-refractivity contribution in [3.63, 3.8) is 0 Å². The molecule has 1 aromatic carbocycles. The minimum absolute atomic E-state index is 0.0402. The summed E-state index contributed by atoms with van der Waals surface area (Å²) in [7, 11) is 0. The largest absolute Gasteiger partial charge is 0.395 e. The van der Waals surface area contributed by atoms with Crippen LogP contribution in [0.1, 0.15) is 26.7 Å². The molecular weight excluding hydrogens is 268 g/mol. The normalized spacial score (nSPS) is 20.4. The van der Waals surface area contributed by atoms with Crippen molar-refractivity contribution in [2.45, 2.75) is 38.8 Å². The van der Waals surface area contributed by atoms with Crippen molar-refractivity contribution in [3.05, 3.63) is 30.3 Å². The van der Waals surface area contributed by atoms with Gasteiger partial charge in [-0.25, -0.2) is 4.90 Å². The Morgan fingerprint density at radius 1 is 1.29 bits per heavy atom. The number of aliphatic hydroxyl groups excluding tert-OH is 1. The van der Waals surface area contributed by atoms with Crippen molar-refractivity contribution in [1.82, 2.24) is 5.32 Å².